The molecule has 3 nitrogen and oxygen atoms in total. The van der Waals surface area contributed by atoms with Gasteiger partial charge in [0.2, 0.25) is 0 Å². The summed E-state index contributed by atoms with van der Waals surface area (Å²) in [5.74, 6) is 0.886. The van der Waals surface area contributed by atoms with Crippen molar-refractivity contribution >= 4 is 33.3 Å². The fourth-order valence-corrected chi connectivity index (χ4v) is 5.45. The highest BCUT2D eigenvalue weighted by molar-refractivity contribution is 7.98. The monoisotopic (exact) mass is 360 g/mol. The zero-order valence-corrected chi connectivity index (χ0v) is 14.9. The van der Waals surface area contributed by atoms with Crippen LogP contribution in [0.15, 0.2) is 34.2 Å². The Bertz CT molecular complexity index is 963. The first kappa shape index (κ1) is 15.8. The van der Waals surface area contributed by atoms with Crippen molar-refractivity contribution in [3.05, 3.63) is 56.4 Å². The number of H-pyrrole nitrogens is 1. The Morgan fingerprint density at radius 1 is 1.42 bits per heavy atom. The minimum absolute atomic E-state index is 0.0666. The molecule has 1 atom stereocenters. The van der Waals surface area contributed by atoms with Crippen LogP contribution < -0.4 is 5.56 Å². The number of nitrogens with one attached hydrogen (secondary N) is 1. The van der Waals surface area contributed by atoms with Crippen molar-refractivity contribution in [2.24, 2.45) is 5.92 Å². The number of hydrogen-bond donors (Lipinski definition) is 1. The van der Waals surface area contributed by atoms with E-state index in [-0.39, 0.29) is 11.4 Å². The second-order valence-corrected chi connectivity index (χ2v) is 8.33. The number of benzene rings is 1. The quantitative estimate of drug-likeness (QED) is 0.551. The van der Waals surface area contributed by atoms with E-state index in [9.17, 15) is 9.18 Å². The van der Waals surface area contributed by atoms with Gasteiger partial charge >= 0.3 is 0 Å². The van der Waals surface area contributed by atoms with Crippen molar-refractivity contribution in [2.45, 2.75) is 37.1 Å². The molecule has 0 radical (unpaired) electrons. The average molecular weight is 360 g/mol. The van der Waals surface area contributed by atoms with E-state index in [1.54, 1.807) is 23.5 Å². The van der Waals surface area contributed by atoms with Crippen LogP contribution >= 0.6 is 23.1 Å². The fourth-order valence-electron chi connectivity index (χ4n) is 3.16. The number of aromatic nitrogens is 2. The number of aromatic amines is 1. The molecule has 2 aromatic heterocycles. The molecule has 0 amide bonds. The van der Waals surface area contributed by atoms with Crippen molar-refractivity contribution < 1.29 is 4.39 Å². The van der Waals surface area contributed by atoms with Crippen LogP contribution in [0.4, 0.5) is 4.39 Å². The molecule has 1 aliphatic carbocycles. The van der Waals surface area contributed by atoms with Gasteiger partial charge in [0.25, 0.3) is 5.56 Å². The lowest BCUT2D eigenvalue weighted by Crippen LogP contribution is -2.13. The molecule has 0 bridgehead atoms. The molecule has 0 aliphatic heterocycles. The fraction of sp³-hybridized carbons (Fsp3) is 0.333. The van der Waals surface area contributed by atoms with Crippen molar-refractivity contribution in [3.8, 4) is 0 Å². The van der Waals surface area contributed by atoms with E-state index in [1.165, 1.54) is 28.3 Å². The number of aryl methyl sites for hydroxylation is 1. The van der Waals surface area contributed by atoms with Crippen LogP contribution in [-0.2, 0) is 18.6 Å². The normalized spacial score (nSPS) is 17.2. The van der Waals surface area contributed by atoms with Gasteiger partial charge in [0.1, 0.15) is 10.6 Å². The van der Waals surface area contributed by atoms with Gasteiger partial charge in [0.15, 0.2) is 5.16 Å². The largest absolute Gasteiger partial charge is 0.301 e. The van der Waals surface area contributed by atoms with E-state index in [0.29, 0.717) is 22.4 Å². The van der Waals surface area contributed by atoms with Crippen LogP contribution in [0.1, 0.15) is 29.3 Å². The molecule has 0 saturated carbocycles. The molecule has 3 aromatic rings. The summed E-state index contributed by atoms with van der Waals surface area (Å²) in [5, 5.41) is 1.32. The number of nitrogens with zero attached hydrogens (tertiary/aromatic N) is 1. The maximum Gasteiger partial charge on any atom is 0.260 e. The SMILES string of the molecule is C[C@@H]1CCc2c(sc3nc(SCc4ccccc4F)[nH]c(=O)c23)C1. The number of thiophene rings is 1. The van der Waals surface area contributed by atoms with E-state index in [0.717, 1.165) is 29.5 Å². The first-order valence-corrected chi connectivity index (χ1v) is 9.83. The number of thioether (sulfide) groups is 1. The molecule has 0 saturated heterocycles. The van der Waals surface area contributed by atoms with Gasteiger partial charge in [-0.3, -0.25) is 4.79 Å². The van der Waals surface area contributed by atoms with E-state index in [2.05, 4.69) is 16.9 Å². The van der Waals surface area contributed by atoms with E-state index < -0.39 is 0 Å². The van der Waals surface area contributed by atoms with Crippen LogP contribution in [0, 0.1) is 11.7 Å². The molecule has 1 aromatic carbocycles. The lowest BCUT2D eigenvalue weighted by atomic mass is 9.89. The molecule has 6 heteroatoms. The predicted octanol–water partition coefficient (Wildman–Crippen LogP) is 4.54. The Labute approximate surface area is 147 Å². The molecule has 0 unspecified atom stereocenters. The summed E-state index contributed by atoms with van der Waals surface area (Å²) in [7, 11) is 0. The second kappa shape index (κ2) is 6.33. The molecule has 1 N–H and O–H groups in total. The predicted molar refractivity (Wildman–Crippen MR) is 97.4 cm³/mol. The summed E-state index contributed by atoms with van der Waals surface area (Å²) < 4.78 is 13.7. The van der Waals surface area contributed by atoms with Crippen LogP contribution in [0.25, 0.3) is 10.2 Å². The summed E-state index contributed by atoms with van der Waals surface area (Å²) >= 11 is 3.00. The summed E-state index contributed by atoms with van der Waals surface area (Å²) in [6, 6.07) is 6.69. The van der Waals surface area contributed by atoms with Gasteiger partial charge < -0.3 is 4.98 Å². The third-order valence-electron chi connectivity index (χ3n) is 4.47. The molecule has 124 valence electrons. The van der Waals surface area contributed by atoms with Crippen LogP contribution in [0.3, 0.4) is 0 Å². The lowest BCUT2D eigenvalue weighted by molar-refractivity contribution is 0.509. The Morgan fingerprint density at radius 3 is 3.08 bits per heavy atom. The molecule has 24 heavy (non-hydrogen) atoms. The molecule has 0 fully saturated rings. The molecule has 1 aliphatic rings. The summed E-state index contributed by atoms with van der Waals surface area (Å²) in [4.78, 5) is 22.1. The van der Waals surface area contributed by atoms with Gasteiger partial charge in [-0.25, -0.2) is 9.37 Å². The Balaban J connectivity index is 1.66. The van der Waals surface area contributed by atoms with Gasteiger partial charge in [0, 0.05) is 10.6 Å². The Hall–Kier alpha value is -1.66. The second-order valence-electron chi connectivity index (χ2n) is 6.28. The molecule has 4 rings (SSSR count). The van der Waals surface area contributed by atoms with Crippen molar-refractivity contribution in [3.63, 3.8) is 0 Å². The third kappa shape index (κ3) is 2.89. The van der Waals surface area contributed by atoms with Crippen LogP contribution in [-0.4, -0.2) is 9.97 Å². The molecular formula is C18H17FN2OS2. The van der Waals surface area contributed by atoms with E-state index >= 15 is 0 Å². The van der Waals surface area contributed by atoms with E-state index in [1.807, 2.05) is 6.07 Å². The standard InChI is InChI=1S/C18H17FN2OS2/c1-10-6-7-12-14(8-10)24-17-15(12)16(22)20-18(21-17)23-9-11-4-2-3-5-13(11)19/h2-5,10H,6-9H2,1H3,(H,20,21,22)/t10-/m1/s1. The highest BCUT2D eigenvalue weighted by Crippen LogP contribution is 2.36. The summed E-state index contributed by atoms with van der Waals surface area (Å²) in [6.45, 7) is 2.25. The first-order valence-electron chi connectivity index (χ1n) is 8.02. The molecule has 0 spiro atoms. The van der Waals surface area contributed by atoms with Gasteiger partial charge in [-0.1, -0.05) is 36.9 Å². The highest BCUT2D eigenvalue weighted by Gasteiger charge is 2.23. The number of hydrogen-bond acceptors (Lipinski definition) is 4. The van der Waals surface area contributed by atoms with Gasteiger partial charge in [-0.05, 0) is 42.4 Å². The molecule has 2 heterocycles. The van der Waals surface area contributed by atoms with Gasteiger partial charge in [-0.2, -0.15) is 0 Å². The van der Waals surface area contributed by atoms with E-state index in [4.69, 9.17) is 0 Å². The zero-order chi connectivity index (χ0) is 16.7. The Morgan fingerprint density at radius 2 is 2.25 bits per heavy atom. The number of rotatable bonds is 3. The topological polar surface area (TPSA) is 45.8 Å². The number of halogens is 1. The van der Waals surface area contributed by atoms with Crippen LogP contribution in [0.2, 0.25) is 0 Å². The van der Waals surface area contributed by atoms with Gasteiger partial charge in [0.05, 0.1) is 5.39 Å². The summed E-state index contributed by atoms with van der Waals surface area (Å²) in [5.41, 5.74) is 1.74. The van der Waals surface area contributed by atoms with Crippen molar-refractivity contribution in [1.29, 1.82) is 0 Å². The summed E-state index contributed by atoms with van der Waals surface area (Å²) in [6.07, 6.45) is 3.12. The maximum absolute atomic E-state index is 13.7. The number of fused-ring (bicyclic) bond motifs is 3. The van der Waals surface area contributed by atoms with Crippen molar-refractivity contribution in [2.75, 3.05) is 0 Å². The maximum atomic E-state index is 13.7. The average Bonchev–Trinajstić information content (AvgIpc) is 2.91. The lowest BCUT2D eigenvalue weighted by Gasteiger charge is -2.17. The first-order chi connectivity index (χ1) is 11.6. The minimum atomic E-state index is -0.228. The smallest absolute Gasteiger partial charge is 0.260 e. The molecular weight excluding hydrogens is 343 g/mol. The van der Waals surface area contributed by atoms with Gasteiger partial charge in [-0.15, -0.1) is 11.3 Å². The highest BCUT2D eigenvalue weighted by atomic mass is 32.2. The van der Waals surface area contributed by atoms with Crippen molar-refractivity contribution in [1.82, 2.24) is 9.97 Å². The van der Waals surface area contributed by atoms with Crippen LogP contribution in [0.5, 0.6) is 0 Å². The Kier molecular flexibility index (Phi) is 4.18. The zero-order valence-electron chi connectivity index (χ0n) is 13.3. The minimum Gasteiger partial charge on any atom is -0.301 e. The third-order valence-corrected chi connectivity index (χ3v) is 6.54.